The molecule has 1 fully saturated rings. The lowest BCUT2D eigenvalue weighted by molar-refractivity contribution is -0.288. The Bertz CT molecular complexity index is 534. The third-order valence-electron chi connectivity index (χ3n) is 3.94. The van der Waals surface area contributed by atoms with Crippen LogP contribution in [0.5, 0.6) is 5.75 Å². The van der Waals surface area contributed by atoms with E-state index in [1.165, 1.54) is 0 Å². The van der Waals surface area contributed by atoms with Gasteiger partial charge in [0.15, 0.2) is 5.79 Å². The number of phenols is 1. The molecule has 23 heavy (non-hydrogen) atoms. The van der Waals surface area contributed by atoms with Crippen LogP contribution in [0.3, 0.4) is 0 Å². The molecule has 5 nitrogen and oxygen atoms in total. The molecule has 1 saturated heterocycles. The predicted octanol–water partition coefficient (Wildman–Crippen LogP) is 3.00. The highest BCUT2D eigenvalue weighted by Crippen LogP contribution is 2.30. The first-order chi connectivity index (χ1) is 10.7. The van der Waals surface area contributed by atoms with Crippen LogP contribution in [0.1, 0.15) is 31.9 Å². The Morgan fingerprint density at radius 3 is 2.48 bits per heavy atom. The maximum Gasteiger partial charge on any atom is 0.162 e. The average molecular weight is 389 g/mol. The van der Waals surface area contributed by atoms with Gasteiger partial charge in [-0.25, -0.2) is 0 Å². The molecular formula is C17H25BrO5. The summed E-state index contributed by atoms with van der Waals surface area (Å²) < 4.78 is 17.9. The molecule has 0 saturated carbocycles. The zero-order chi connectivity index (χ0) is 17.1. The number of rotatable bonds is 6. The van der Waals surface area contributed by atoms with Crippen LogP contribution in [0.25, 0.3) is 0 Å². The summed E-state index contributed by atoms with van der Waals surface area (Å²) in [6, 6.07) is 3.43. The average Bonchev–Trinajstić information content (AvgIpc) is 2.48. The minimum atomic E-state index is -0.529. The highest BCUT2D eigenvalue weighted by atomic mass is 79.9. The van der Waals surface area contributed by atoms with Crippen molar-refractivity contribution in [2.75, 3.05) is 26.4 Å². The molecule has 2 N–H and O–H groups in total. The normalized spacial score (nSPS) is 19.7. The third-order valence-corrected chi connectivity index (χ3v) is 4.40. The van der Waals surface area contributed by atoms with Gasteiger partial charge >= 0.3 is 0 Å². The van der Waals surface area contributed by atoms with Crippen molar-refractivity contribution in [2.24, 2.45) is 5.41 Å². The van der Waals surface area contributed by atoms with Crippen molar-refractivity contribution in [3.05, 3.63) is 27.7 Å². The summed E-state index contributed by atoms with van der Waals surface area (Å²) in [6.45, 7) is 7.92. The molecule has 1 aliphatic rings. The molecule has 0 atom stereocenters. The molecule has 0 spiro atoms. The van der Waals surface area contributed by atoms with Crippen LogP contribution >= 0.6 is 15.9 Å². The van der Waals surface area contributed by atoms with Gasteiger partial charge in [0, 0.05) is 15.5 Å². The lowest BCUT2D eigenvalue weighted by Gasteiger charge is -2.41. The zero-order valence-corrected chi connectivity index (χ0v) is 15.5. The number of hydrogen-bond acceptors (Lipinski definition) is 5. The molecule has 1 aromatic carbocycles. The first-order valence-electron chi connectivity index (χ1n) is 7.71. The summed E-state index contributed by atoms with van der Waals surface area (Å²) in [7, 11) is 0. The minimum Gasteiger partial charge on any atom is -0.508 e. The minimum absolute atomic E-state index is 0.114. The van der Waals surface area contributed by atoms with Crippen LogP contribution < -0.4 is 0 Å². The summed E-state index contributed by atoms with van der Waals surface area (Å²) in [5.74, 6) is -0.358. The van der Waals surface area contributed by atoms with Gasteiger partial charge in [-0.3, -0.25) is 0 Å². The van der Waals surface area contributed by atoms with Gasteiger partial charge in [0.2, 0.25) is 0 Å². The number of phenolic OH excluding ortho intramolecular Hbond substituents is 1. The summed E-state index contributed by atoms with van der Waals surface area (Å²) in [4.78, 5) is 0. The van der Waals surface area contributed by atoms with E-state index in [4.69, 9.17) is 14.2 Å². The van der Waals surface area contributed by atoms with Gasteiger partial charge in [-0.05, 0) is 38.0 Å². The van der Waals surface area contributed by atoms with Crippen molar-refractivity contribution in [2.45, 2.75) is 39.6 Å². The molecular weight excluding hydrogens is 364 g/mol. The van der Waals surface area contributed by atoms with Crippen molar-refractivity contribution in [1.29, 1.82) is 0 Å². The number of hydrogen-bond donors (Lipinski definition) is 2. The molecule has 1 aliphatic heterocycles. The van der Waals surface area contributed by atoms with Gasteiger partial charge in [0.25, 0.3) is 0 Å². The molecule has 0 unspecified atom stereocenters. The van der Waals surface area contributed by atoms with E-state index >= 15 is 0 Å². The van der Waals surface area contributed by atoms with Gasteiger partial charge in [0.1, 0.15) is 5.75 Å². The van der Waals surface area contributed by atoms with Gasteiger partial charge < -0.3 is 24.4 Å². The molecule has 0 aliphatic carbocycles. The number of aliphatic hydroxyl groups excluding tert-OH is 1. The van der Waals surface area contributed by atoms with Crippen LogP contribution in [0.15, 0.2) is 16.6 Å². The SMILES string of the molecule is CC1(COCCc2c(O)cc(Br)cc2CO)COC(C)(C)OC1. The van der Waals surface area contributed by atoms with Crippen LogP contribution in [0.4, 0.5) is 0 Å². The van der Waals surface area contributed by atoms with E-state index in [2.05, 4.69) is 22.9 Å². The number of aromatic hydroxyl groups is 1. The van der Waals surface area contributed by atoms with Gasteiger partial charge in [-0.15, -0.1) is 0 Å². The van der Waals surface area contributed by atoms with E-state index in [0.29, 0.717) is 38.4 Å². The second-order valence-electron chi connectivity index (χ2n) is 6.81. The highest BCUT2D eigenvalue weighted by molar-refractivity contribution is 9.10. The van der Waals surface area contributed by atoms with Gasteiger partial charge in [-0.2, -0.15) is 0 Å². The van der Waals surface area contributed by atoms with Crippen LogP contribution in [-0.2, 0) is 27.2 Å². The number of halogens is 1. The first-order valence-corrected chi connectivity index (χ1v) is 8.51. The first kappa shape index (κ1) is 18.7. The molecule has 1 aromatic rings. The molecule has 0 aromatic heterocycles. The maximum atomic E-state index is 10.0. The number of benzene rings is 1. The van der Waals surface area contributed by atoms with E-state index in [-0.39, 0.29) is 17.8 Å². The van der Waals surface area contributed by atoms with Crippen molar-refractivity contribution >= 4 is 15.9 Å². The van der Waals surface area contributed by atoms with Crippen molar-refractivity contribution in [1.82, 2.24) is 0 Å². The molecule has 0 bridgehead atoms. The highest BCUT2D eigenvalue weighted by Gasteiger charge is 2.36. The van der Waals surface area contributed by atoms with Crippen LogP contribution in [0, 0.1) is 5.41 Å². The molecule has 1 heterocycles. The number of ether oxygens (including phenoxy) is 3. The topological polar surface area (TPSA) is 68.2 Å². The van der Waals surface area contributed by atoms with E-state index in [9.17, 15) is 10.2 Å². The van der Waals surface area contributed by atoms with Crippen LogP contribution in [-0.4, -0.2) is 42.4 Å². The monoisotopic (exact) mass is 388 g/mol. The summed E-state index contributed by atoms with van der Waals surface area (Å²) in [6.07, 6.45) is 0.540. The largest absolute Gasteiger partial charge is 0.508 e. The Balaban J connectivity index is 1.84. The quantitative estimate of drug-likeness (QED) is 0.733. The number of aliphatic hydroxyl groups is 1. The smallest absolute Gasteiger partial charge is 0.162 e. The van der Waals surface area contributed by atoms with E-state index < -0.39 is 5.79 Å². The lowest BCUT2D eigenvalue weighted by Crippen LogP contribution is -2.47. The maximum absolute atomic E-state index is 10.0. The molecule has 0 amide bonds. The Morgan fingerprint density at radius 2 is 1.87 bits per heavy atom. The summed E-state index contributed by atoms with van der Waals surface area (Å²) in [5.41, 5.74) is 1.26. The lowest BCUT2D eigenvalue weighted by atomic mass is 9.93. The van der Waals surface area contributed by atoms with E-state index in [0.717, 1.165) is 10.0 Å². The van der Waals surface area contributed by atoms with Crippen molar-refractivity contribution < 1.29 is 24.4 Å². The predicted molar refractivity (Wildman–Crippen MR) is 90.3 cm³/mol. The molecule has 0 radical (unpaired) electrons. The Morgan fingerprint density at radius 1 is 1.22 bits per heavy atom. The standard InChI is InChI=1S/C17H25BrO5/c1-16(2)22-10-17(3,11-23-16)9-21-5-4-14-12(8-19)6-13(18)7-15(14)20/h6-7,19-20H,4-5,8-11H2,1-3H3. The van der Waals surface area contributed by atoms with Gasteiger partial charge in [-0.1, -0.05) is 22.9 Å². The molecule has 130 valence electrons. The van der Waals surface area contributed by atoms with E-state index in [1.54, 1.807) is 12.1 Å². The fraction of sp³-hybridized carbons (Fsp3) is 0.647. The van der Waals surface area contributed by atoms with Crippen molar-refractivity contribution in [3.63, 3.8) is 0 Å². The molecule has 2 rings (SSSR count). The molecule has 6 heteroatoms. The van der Waals surface area contributed by atoms with Crippen LogP contribution in [0.2, 0.25) is 0 Å². The van der Waals surface area contributed by atoms with Gasteiger partial charge in [0.05, 0.1) is 33.0 Å². The van der Waals surface area contributed by atoms with Crippen molar-refractivity contribution in [3.8, 4) is 5.75 Å². The Hall–Kier alpha value is -0.660. The third kappa shape index (κ3) is 5.16. The van der Waals surface area contributed by atoms with E-state index in [1.807, 2.05) is 13.8 Å². The Labute approximate surface area is 145 Å². The zero-order valence-electron chi connectivity index (χ0n) is 13.9. The summed E-state index contributed by atoms with van der Waals surface area (Å²) >= 11 is 3.31. The second-order valence-corrected chi connectivity index (χ2v) is 7.73. The fourth-order valence-electron chi connectivity index (χ4n) is 2.46. The Kier molecular flexibility index (Phi) is 6.08. The summed E-state index contributed by atoms with van der Waals surface area (Å²) in [5, 5.41) is 19.4. The fourth-order valence-corrected chi connectivity index (χ4v) is 2.96. The second kappa shape index (κ2) is 7.49.